The Morgan fingerprint density at radius 2 is 2.15 bits per heavy atom. The van der Waals surface area contributed by atoms with Crippen molar-refractivity contribution in [2.75, 3.05) is 5.32 Å². The second-order valence-corrected chi connectivity index (χ2v) is 8.15. The number of H-pyrrole nitrogens is 1. The standard InChI is InChI=1S/C18H22N6O2S/c1-18(2,3)14-9-21-15(26-14)5-4-12-8-22-17(27-12)24-16(25)13(19)6-11-7-20-10-23-11/h4-5,7-10,13H,6,19H2,1-3H3,(H,20,23)(H,22,24,25)/t13-/m0/s1. The van der Waals surface area contributed by atoms with Crippen LogP contribution in [0.4, 0.5) is 5.13 Å². The van der Waals surface area contributed by atoms with Crippen LogP contribution in [0.25, 0.3) is 12.2 Å². The summed E-state index contributed by atoms with van der Waals surface area (Å²) in [5.41, 5.74) is 6.64. The molecule has 27 heavy (non-hydrogen) atoms. The topological polar surface area (TPSA) is 123 Å². The number of carbonyl (C=O) groups excluding carboxylic acids is 1. The van der Waals surface area contributed by atoms with E-state index in [2.05, 4.69) is 46.0 Å². The summed E-state index contributed by atoms with van der Waals surface area (Å²) in [4.78, 5) is 28.3. The Balaban J connectivity index is 1.58. The molecule has 0 aromatic carbocycles. The van der Waals surface area contributed by atoms with E-state index in [1.165, 1.54) is 11.3 Å². The van der Waals surface area contributed by atoms with Crippen molar-refractivity contribution in [2.45, 2.75) is 38.6 Å². The first-order valence-electron chi connectivity index (χ1n) is 8.45. The molecule has 1 atom stereocenters. The number of aromatic amines is 1. The highest BCUT2D eigenvalue weighted by atomic mass is 32.1. The maximum Gasteiger partial charge on any atom is 0.243 e. The van der Waals surface area contributed by atoms with Crippen LogP contribution in [0.5, 0.6) is 0 Å². The normalized spacial score (nSPS) is 13.2. The smallest absolute Gasteiger partial charge is 0.243 e. The summed E-state index contributed by atoms with van der Waals surface area (Å²) >= 11 is 1.34. The summed E-state index contributed by atoms with van der Waals surface area (Å²) < 4.78 is 5.71. The van der Waals surface area contributed by atoms with Crippen molar-refractivity contribution in [2.24, 2.45) is 5.73 Å². The molecule has 0 saturated heterocycles. The molecule has 8 nitrogen and oxygen atoms in total. The van der Waals surface area contributed by atoms with E-state index in [0.29, 0.717) is 17.4 Å². The van der Waals surface area contributed by atoms with Crippen LogP contribution in [-0.2, 0) is 16.6 Å². The van der Waals surface area contributed by atoms with Gasteiger partial charge in [-0.2, -0.15) is 0 Å². The molecule has 3 rings (SSSR count). The Morgan fingerprint density at radius 1 is 1.33 bits per heavy atom. The minimum Gasteiger partial charge on any atom is -0.441 e. The summed E-state index contributed by atoms with van der Waals surface area (Å²) in [6.07, 6.45) is 10.6. The number of hydrogen-bond donors (Lipinski definition) is 3. The molecule has 0 aliphatic carbocycles. The third kappa shape index (κ3) is 5.11. The van der Waals surface area contributed by atoms with Crippen molar-refractivity contribution < 1.29 is 9.21 Å². The van der Waals surface area contributed by atoms with Crippen LogP contribution in [0.15, 0.2) is 29.3 Å². The van der Waals surface area contributed by atoms with Gasteiger partial charge in [-0.15, -0.1) is 0 Å². The average Bonchev–Trinajstić information content (AvgIpc) is 3.34. The van der Waals surface area contributed by atoms with Crippen LogP contribution in [0.2, 0.25) is 0 Å². The predicted octanol–water partition coefficient (Wildman–Crippen LogP) is 2.83. The Labute approximate surface area is 160 Å². The summed E-state index contributed by atoms with van der Waals surface area (Å²) in [6.45, 7) is 6.20. The lowest BCUT2D eigenvalue weighted by atomic mass is 9.94. The number of anilines is 1. The van der Waals surface area contributed by atoms with E-state index in [9.17, 15) is 4.79 Å². The number of imidazole rings is 1. The van der Waals surface area contributed by atoms with Crippen molar-refractivity contribution in [3.05, 3.63) is 47.1 Å². The third-order valence-electron chi connectivity index (χ3n) is 3.74. The number of carbonyl (C=O) groups is 1. The van der Waals surface area contributed by atoms with Gasteiger partial charge < -0.3 is 20.5 Å². The molecule has 1 amide bonds. The molecule has 0 aliphatic rings. The molecule has 0 fully saturated rings. The number of nitrogens with zero attached hydrogens (tertiary/aromatic N) is 3. The number of aromatic nitrogens is 4. The van der Waals surface area contributed by atoms with Gasteiger partial charge in [-0.05, 0) is 6.08 Å². The molecule has 9 heteroatoms. The van der Waals surface area contributed by atoms with E-state index >= 15 is 0 Å². The molecular formula is C18H22N6O2S. The highest BCUT2D eigenvalue weighted by Crippen LogP contribution is 2.24. The number of amides is 1. The van der Waals surface area contributed by atoms with Crippen LogP contribution in [0, 0.1) is 0 Å². The molecule has 142 valence electrons. The Kier molecular flexibility index (Phi) is 5.52. The lowest BCUT2D eigenvalue weighted by molar-refractivity contribution is -0.117. The SMILES string of the molecule is CC(C)(C)c1cnc(C=Cc2cnc(NC(=O)[C@@H](N)Cc3cnc[nH]3)s2)o1. The minimum atomic E-state index is -0.684. The zero-order valence-electron chi connectivity index (χ0n) is 15.4. The third-order valence-corrected chi connectivity index (χ3v) is 4.62. The first kappa shape index (κ1) is 19.0. The molecule has 0 radical (unpaired) electrons. The van der Waals surface area contributed by atoms with Crippen molar-refractivity contribution in [1.29, 1.82) is 0 Å². The van der Waals surface area contributed by atoms with Gasteiger partial charge in [-0.3, -0.25) is 4.79 Å². The maximum absolute atomic E-state index is 12.2. The van der Waals surface area contributed by atoms with Crippen molar-refractivity contribution in [3.8, 4) is 0 Å². The second kappa shape index (κ2) is 7.85. The number of rotatable bonds is 6. The number of nitrogens with two attached hydrogens (primary N) is 1. The lowest BCUT2D eigenvalue weighted by Gasteiger charge is -2.12. The molecule has 0 bridgehead atoms. The van der Waals surface area contributed by atoms with Crippen LogP contribution in [0.3, 0.4) is 0 Å². The van der Waals surface area contributed by atoms with Crippen LogP contribution in [0.1, 0.15) is 43.0 Å². The van der Waals surface area contributed by atoms with E-state index < -0.39 is 6.04 Å². The minimum absolute atomic E-state index is 0.0873. The average molecular weight is 386 g/mol. The first-order valence-corrected chi connectivity index (χ1v) is 9.27. The Bertz CT molecular complexity index is 920. The summed E-state index contributed by atoms with van der Waals surface area (Å²) in [7, 11) is 0. The predicted molar refractivity (Wildman–Crippen MR) is 105 cm³/mol. The van der Waals surface area contributed by atoms with Gasteiger partial charge in [0.25, 0.3) is 0 Å². The molecule has 3 heterocycles. The second-order valence-electron chi connectivity index (χ2n) is 7.09. The van der Waals surface area contributed by atoms with Crippen molar-refractivity contribution in [3.63, 3.8) is 0 Å². The van der Waals surface area contributed by atoms with Gasteiger partial charge in [0.2, 0.25) is 11.8 Å². The van der Waals surface area contributed by atoms with Gasteiger partial charge in [0.05, 0.1) is 18.6 Å². The molecule has 3 aromatic heterocycles. The van der Waals surface area contributed by atoms with Crippen LogP contribution < -0.4 is 11.1 Å². The number of thiazole rings is 1. The van der Waals surface area contributed by atoms with Crippen LogP contribution >= 0.6 is 11.3 Å². The van der Waals surface area contributed by atoms with Gasteiger partial charge >= 0.3 is 0 Å². The molecule has 0 unspecified atom stereocenters. The van der Waals surface area contributed by atoms with Gasteiger partial charge in [0, 0.05) is 40.9 Å². The Morgan fingerprint density at radius 3 is 2.81 bits per heavy atom. The van der Waals surface area contributed by atoms with Gasteiger partial charge in [0.1, 0.15) is 5.76 Å². The van der Waals surface area contributed by atoms with Crippen molar-refractivity contribution >= 4 is 34.5 Å². The van der Waals surface area contributed by atoms with E-state index in [0.717, 1.165) is 16.3 Å². The molecule has 0 aliphatic heterocycles. The number of nitrogens with one attached hydrogen (secondary N) is 2. The largest absolute Gasteiger partial charge is 0.441 e. The summed E-state index contributed by atoms with van der Waals surface area (Å²) in [5, 5.41) is 3.22. The van der Waals surface area contributed by atoms with Crippen LogP contribution in [-0.4, -0.2) is 31.9 Å². The highest BCUT2D eigenvalue weighted by molar-refractivity contribution is 7.16. The summed E-state index contributed by atoms with van der Waals surface area (Å²) in [6, 6.07) is -0.684. The van der Waals surface area contributed by atoms with Gasteiger partial charge in [-0.25, -0.2) is 15.0 Å². The van der Waals surface area contributed by atoms with E-state index in [1.54, 1.807) is 31.0 Å². The fourth-order valence-electron chi connectivity index (χ4n) is 2.21. The molecule has 0 saturated carbocycles. The fourth-order valence-corrected chi connectivity index (χ4v) is 2.93. The van der Waals surface area contributed by atoms with Gasteiger partial charge in [0.15, 0.2) is 5.13 Å². The van der Waals surface area contributed by atoms with Crippen molar-refractivity contribution in [1.82, 2.24) is 19.9 Å². The van der Waals surface area contributed by atoms with E-state index in [-0.39, 0.29) is 11.3 Å². The first-order chi connectivity index (χ1) is 12.8. The maximum atomic E-state index is 12.2. The highest BCUT2D eigenvalue weighted by Gasteiger charge is 2.18. The molecular weight excluding hydrogens is 364 g/mol. The fraction of sp³-hybridized carbons (Fsp3) is 0.333. The molecule has 3 aromatic rings. The molecule has 0 spiro atoms. The quantitative estimate of drug-likeness (QED) is 0.599. The van der Waals surface area contributed by atoms with E-state index in [4.69, 9.17) is 10.2 Å². The Hall–Kier alpha value is -2.78. The summed E-state index contributed by atoms with van der Waals surface area (Å²) in [5.74, 6) is 1.06. The van der Waals surface area contributed by atoms with E-state index in [1.807, 2.05) is 6.08 Å². The van der Waals surface area contributed by atoms with Gasteiger partial charge in [-0.1, -0.05) is 32.1 Å². The lowest BCUT2D eigenvalue weighted by Crippen LogP contribution is -2.37. The number of hydrogen-bond acceptors (Lipinski definition) is 7. The zero-order valence-corrected chi connectivity index (χ0v) is 16.2. The molecule has 4 N–H and O–H groups in total. The zero-order chi connectivity index (χ0) is 19.4. The number of oxazole rings is 1. The monoisotopic (exact) mass is 386 g/mol.